The van der Waals surface area contributed by atoms with Crippen LogP contribution in [0.5, 0.6) is 0 Å². The highest BCUT2D eigenvalue weighted by Gasteiger charge is 2.10. The van der Waals surface area contributed by atoms with Gasteiger partial charge >= 0.3 is 5.97 Å². The number of H-pyrrole nitrogens is 1. The summed E-state index contributed by atoms with van der Waals surface area (Å²) >= 11 is 0. The maximum atomic E-state index is 10.5. The molecule has 0 amide bonds. The van der Waals surface area contributed by atoms with Gasteiger partial charge in [-0.25, -0.2) is 4.98 Å². The zero-order valence-corrected chi connectivity index (χ0v) is 7.80. The lowest BCUT2D eigenvalue weighted by atomic mass is 10.1. The average Bonchev–Trinajstić information content (AvgIpc) is 2.78. The van der Waals surface area contributed by atoms with E-state index in [4.69, 9.17) is 9.52 Å². The summed E-state index contributed by atoms with van der Waals surface area (Å²) in [6.45, 7) is 0. The van der Waals surface area contributed by atoms with E-state index in [-0.39, 0.29) is 6.42 Å². The SMILES string of the molecule is O=C(O)Cc1[nH]ncc1Cc1cnco1. The van der Waals surface area contributed by atoms with Crippen LogP contribution in [0.2, 0.25) is 0 Å². The second-order valence-corrected chi connectivity index (χ2v) is 3.09. The molecule has 0 aliphatic heterocycles. The summed E-state index contributed by atoms with van der Waals surface area (Å²) in [5, 5.41) is 15.1. The van der Waals surface area contributed by atoms with Gasteiger partial charge in [-0.3, -0.25) is 9.89 Å². The van der Waals surface area contributed by atoms with Crippen LogP contribution in [0.3, 0.4) is 0 Å². The van der Waals surface area contributed by atoms with Crippen molar-refractivity contribution >= 4 is 5.97 Å². The molecule has 2 rings (SSSR count). The van der Waals surface area contributed by atoms with Crippen molar-refractivity contribution in [3.63, 3.8) is 0 Å². The summed E-state index contributed by atoms with van der Waals surface area (Å²) in [6.07, 6.45) is 4.97. The van der Waals surface area contributed by atoms with Crippen LogP contribution in [0.15, 0.2) is 23.2 Å². The van der Waals surface area contributed by atoms with E-state index in [1.807, 2.05) is 0 Å². The van der Waals surface area contributed by atoms with Gasteiger partial charge in [-0.05, 0) is 0 Å². The summed E-state index contributed by atoms with van der Waals surface area (Å²) < 4.78 is 5.07. The Bertz CT molecular complexity index is 447. The highest BCUT2D eigenvalue weighted by molar-refractivity contribution is 5.70. The molecule has 2 aromatic heterocycles. The van der Waals surface area contributed by atoms with Crippen molar-refractivity contribution in [1.82, 2.24) is 15.2 Å². The predicted octanol–water partition coefficient (Wildman–Crippen LogP) is 0.616. The number of nitrogens with one attached hydrogen (secondary N) is 1. The Morgan fingerprint density at radius 1 is 1.53 bits per heavy atom. The molecule has 6 heteroatoms. The van der Waals surface area contributed by atoms with Gasteiger partial charge < -0.3 is 9.52 Å². The van der Waals surface area contributed by atoms with E-state index >= 15 is 0 Å². The molecule has 0 aliphatic rings. The molecule has 0 radical (unpaired) electrons. The lowest BCUT2D eigenvalue weighted by molar-refractivity contribution is -0.136. The lowest BCUT2D eigenvalue weighted by Gasteiger charge is -1.97. The van der Waals surface area contributed by atoms with E-state index in [0.717, 1.165) is 5.56 Å². The third-order valence-electron chi connectivity index (χ3n) is 1.98. The fourth-order valence-corrected chi connectivity index (χ4v) is 1.31. The van der Waals surface area contributed by atoms with E-state index in [0.29, 0.717) is 17.9 Å². The molecule has 0 saturated heterocycles. The Kier molecular flexibility index (Phi) is 2.49. The molecule has 0 bridgehead atoms. The third-order valence-corrected chi connectivity index (χ3v) is 1.98. The summed E-state index contributed by atoms with van der Waals surface area (Å²) in [5.41, 5.74) is 1.41. The maximum Gasteiger partial charge on any atom is 0.309 e. The first kappa shape index (κ1) is 9.45. The molecule has 0 aromatic carbocycles. The molecule has 0 atom stereocenters. The lowest BCUT2D eigenvalue weighted by Crippen LogP contribution is -2.03. The van der Waals surface area contributed by atoms with Crippen molar-refractivity contribution in [3.8, 4) is 0 Å². The molecule has 2 aromatic rings. The van der Waals surface area contributed by atoms with Gasteiger partial charge in [-0.15, -0.1) is 0 Å². The Balaban J connectivity index is 2.14. The van der Waals surface area contributed by atoms with Gasteiger partial charge in [0.1, 0.15) is 5.76 Å². The normalized spacial score (nSPS) is 10.4. The first-order chi connectivity index (χ1) is 7.25. The van der Waals surface area contributed by atoms with Crippen LogP contribution in [0.4, 0.5) is 0 Å². The molecule has 6 nitrogen and oxygen atoms in total. The van der Waals surface area contributed by atoms with Crippen molar-refractivity contribution in [2.75, 3.05) is 0 Å². The number of carboxylic acid groups (broad SMARTS) is 1. The number of hydrogen-bond acceptors (Lipinski definition) is 4. The topological polar surface area (TPSA) is 92.0 Å². The van der Waals surface area contributed by atoms with Crippen LogP contribution in [0, 0.1) is 0 Å². The van der Waals surface area contributed by atoms with Crippen LogP contribution in [0.25, 0.3) is 0 Å². The van der Waals surface area contributed by atoms with Gasteiger partial charge in [-0.2, -0.15) is 5.10 Å². The molecule has 0 saturated carbocycles. The third kappa shape index (κ3) is 2.22. The van der Waals surface area contributed by atoms with E-state index in [9.17, 15) is 4.79 Å². The molecule has 0 unspecified atom stereocenters. The summed E-state index contributed by atoms with van der Waals surface area (Å²) in [6, 6.07) is 0. The summed E-state index contributed by atoms with van der Waals surface area (Å²) in [4.78, 5) is 14.3. The number of oxazole rings is 1. The van der Waals surface area contributed by atoms with Crippen LogP contribution >= 0.6 is 0 Å². The minimum atomic E-state index is -0.891. The maximum absolute atomic E-state index is 10.5. The van der Waals surface area contributed by atoms with Gasteiger partial charge in [0.15, 0.2) is 6.39 Å². The Morgan fingerprint density at radius 3 is 3.07 bits per heavy atom. The number of aromatic nitrogens is 3. The van der Waals surface area contributed by atoms with Crippen LogP contribution < -0.4 is 0 Å². The van der Waals surface area contributed by atoms with Crippen LogP contribution in [0.1, 0.15) is 17.0 Å². The summed E-state index contributed by atoms with van der Waals surface area (Å²) in [7, 11) is 0. The van der Waals surface area contributed by atoms with E-state index in [1.54, 1.807) is 12.4 Å². The molecule has 2 N–H and O–H groups in total. The van der Waals surface area contributed by atoms with Crippen LogP contribution in [-0.4, -0.2) is 26.3 Å². The highest BCUT2D eigenvalue weighted by atomic mass is 16.4. The largest absolute Gasteiger partial charge is 0.481 e. The van der Waals surface area contributed by atoms with Gasteiger partial charge in [-0.1, -0.05) is 0 Å². The fraction of sp³-hybridized carbons (Fsp3) is 0.222. The average molecular weight is 207 g/mol. The first-order valence-corrected chi connectivity index (χ1v) is 4.36. The first-order valence-electron chi connectivity index (χ1n) is 4.36. The van der Waals surface area contributed by atoms with Crippen molar-refractivity contribution in [2.45, 2.75) is 12.8 Å². The zero-order chi connectivity index (χ0) is 10.7. The molecule has 15 heavy (non-hydrogen) atoms. The molecule has 2 heterocycles. The smallest absolute Gasteiger partial charge is 0.309 e. The van der Waals surface area contributed by atoms with Crippen molar-refractivity contribution < 1.29 is 14.3 Å². The molecule has 78 valence electrons. The standard InChI is InChI=1S/C9H9N3O3/c13-9(14)2-8-6(3-11-12-8)1-7-4-10-5-15-7/h3-5H,1-2H2,(H,11,12)(H,13,14). The van der Waals surface area contributed by atoms with Crippen molar-refractivity contribution in [3.05, 3.63) is 35.8 Å². The number of nitrogens with zero attached hydrogens (tertiary/aromatic N) is 2. The minimum Gasteiger partial charge on any atom is -0.481 e. The molecular weight excluding hydrogens is 198 g/mol. The number of aromatic amines is 1. The zero-order valence-electron chi connectivity index (χ0n) is 7.80. The predicted molar refractivity (Wildman–Crippen MR) is 49.2 cm³/mol. The van der Waals surface area contributed by atoms with E-state index in [2.05, 4.69) is 15.2 Å². The second kappa shape index (κ2) is 3.95. The fourth-order valence-electron chi connectivity index (χ4n) is 1.31. The quantitative estimate of drug-likeness (QED) is 0.766. The summed E-state index contributed by atoms with van der Waals surface area (Å²) in [5.74, 6) is -0.207. The molecule has 0 fully saturated rings. The second-order valence-electron chi connectivity index (χ2n) is 3.09. The Morgan fingerprint density at radius 2 is 2.40 bits per heavy atom. The minimum absolute atomic E-state index is 0.0660. The number of rotatable bonds is 4. The van der Waals surface area contributed by atoms with Crippen molar-refractivity contribution in [2.24, 2.45) is 0 Å². The Hall–Kier alpha value is -2.11. The van der Waals surface area contributed by atoms with Crippen molar-refractivity contribution in [1.29, 1.82) is 0 Å². The molecule has 0 spiro atoms. The van der Waals surface area contributed by atoms with Gasteiger partial charge in [0.05, 0.1) is 18.8 Å². The van der Waals surface area contributed by atoms with E-state index in [1.165, 1.54) is 6.39 Å². The Labute approximate surface area is 85.0 Å². The van der Waals surface area contributed by atoms with Crippen LogP contribution in [-0.2, 0) is 17.6 Å². The molecule has 0 aliphatic carbocycles. The van der Waals surface area contributed by atoms with Gasteiger partial charge in [0.2, 0.25) is 0 Å². The van der Waals surface area contributed by atoms with Gasteiger partial charge in [0.25, 0.3) is 0 Å². The monoisotopic (exact) mass is 207 g/mol. The number of carbonyl (C=O) groups is 1. The molecular formula is C9H9N3O3. The number of aliphatic carboxylic acids is 1. The van der Waals surface area contributed by atoms with Gasteiger partial charge in [0, 0.05) is 17.7 Å². The van der Waals surface area contributed by atoms with E-state index < -0.39 is 5.97 Å². The highest BCUT2D eigenvalue weighted by Crippen LogP contribution is 2.11. The number of hydrogen-bond donors (Lipinski definition) is 2. The number of carboxylic acids is 1.